The first-order valence-corrected chi connectivity index (χ1v) is 7.47. The molecule has 24 heavy (non-hydrogen) atoms. The normalized spacial score (nSPS) is 18.7. The Morgan fingerprint density at radius 2 is 1.92 bits per heavy atom. The Hall–Kier alpha value is -2.68. The smallest absolute Gasteiger partial charge is 0.227 e. The van der Waals surface area contributed by atoms with E-state index in [0.29, 0.717) is 27.6 Å². The number of rotatable bonds is 1. The van der Waals surface area contributed by atoms with Crippen molar-refractivity contribution in [3.8, 4) is 11.3 Å². The Morgan fingerprint density at radius 1 is 1.08 bits per heavy atom. The quantitative estimate of drug-likeness (QED) is 0.474. The van der Waals surface area contributed by atoms with Gasteiger partial charge < -0.3 is 4.42 Å². The predicted octanol–water partition coefficient (Wildman–Crippen LogP) is 4.71. The van der Waals surface area contributed by atoms with Crippen molar-refractivity contribution in [1.82, 2.24) is 4.98 Å². The standard InChI is InChI=1S/C21H21N2O/c1-12-10-17(23(5)11-15(12)4)19-14(3)9-13(2)18-16-7-6-8-22-21(16)24-20(18)19/h6-11H,1-5H3/q+1/i1D3,2D3,4D3. The third kappa shape index (κ3) is 2.04. The lowest BCUT2D eigenvalue weighted by atomic mass is 9.96. The fourth-order valence-corrected chi connectivity index (χ4v) is 3.13. The largest absolute Gasteiger partial charge is 0.437 e. The van der Waals surface area contributed by atoms with Gasteiger partial charge in [-0.15, -0.1) is 0 Å². The van der Waals surface area contributed by atoms with Crippen LogP contribution in [0.15, 0.2) is 41.1 Å². The van der Waals surface area contributed by atoms with Gasteiger partial charge in [-0.1, -0.05) is 6.07 Å². The van der Waals surface area contributed by atoms with Crippen molar-refractivity contribution in [1.29, 1.82) is 0 Å². The Bertz CT molecular complexity index is 1400. The van der Waals surface area contributed by atoms with E-state index in [-0.39, 0.29) is 28.0 Å². The predicted molar refractivity (Wildman–Crippen MR) is 97.1 cm³/mol. The molecule has 0 saturated heterocycles. The highest BCUT2D eigenvalue weighted by Crippen LogP contribution is 2.38. The van der Waals surface area contributed by atoms with Gasteiger partial charge in [-0.25, -0.2) is 9.55 Å². The summed E-state index contributed by atoms with van der Waals surface area (Å²) in [6.07, 6.45) is 2.82. The van der Waals surface area contributed by atoms with Crippen LogP contribution in [-0.4, -0.2) is 4.98 Å². The van der Waals surface area contributed by atoms with Gasteiger partial charge in [-0.3, -0.25) is 0 Å². The third-order valence-corrected chi connectivity index (χ3v) is 4.25. The molecule has 0 spiro atoms. The van der Waals surface area contributed by atoms with Crippen LogP contribution in [0.4, 0.5) is 0 Å². The molecule has 1 aromatic carbocycles. The molecule has 0 atom stereocenters. The van der Waals surface area contributed by atoms with Gasteiger partial charge in [0.15, 0.2) is 11.8 Å². The van der Waals surface area contributed by atoms with Crippen LogP contribution in [0, 0.1) is 27.5 Å². The molecule has 0 N–H and O–H groups in total. The molecular formula is C21H21N2O+. The molecule has 0 unspecified atom stereocenters. The van der Waals surface area contributed by atoms with E-state index in [0.717, 1.165) is 0 Å². The van der Waals surface area contributed by atoms with Crippen molar-refractivity contribution >= 4 is 22.1 Å². The molecule has 0 aliphatic heterocycles. The zero-order valence-corrected chi connectivity index (χ0v) is 13.3. The molecule has 3 aromatic heterocycles. The number of pyridine rings is 2. The van der Waals surface area contributed by atoms with Crippen molar-refractivity contribution in [3.05, 3.63) is 58.9 Å². The Kier molecular flexibility index (Phi) is 1.71. The van der Waals surface area contributed by atoms with Crippen molar-refractivity contribution in [3.63, 3.8) is 0 Å². The monoisotopic (exact) mass is 326 g/mol. The SMILES string of the molecule is [2H]C([2H])([2H])c1cc(-c2c(C)cc(C([2H])([2H])[2H])c3c2oc2ncccc23)[n+](C)cc1C([2H])([2H])[2H]. The lowest BCUT2D eigenvalue weighted by molar-refractivity contribution is -0.660. The number of fused-ring (bicyclic) bond motifs is 3. The van der Waals surface area contributed by atoms with Gasteiger partial charge in [0.2, 0.25) is 11.4 Å². The van der Waals surface area contributed by atoms with E-state index in [1.165, 1.54) is 23.0 Å². The second-order valence-electron chi connectivity index (χ2n) is 5.88. The minimum Gasteiger partial charge on any atom is -0.437 e. The molecule has 4 rings (SSSR count). The first kappa shape index (κ1) is 7.93. The van der Waals surface area contributed by atoms with E-state index >= 15 is 0 Å². The van der Waals surface area contributed by atoms with E-state index in [1.54, 1.807) is 32.2 Å². The maximum atomic E-state index is 8.02. The number of hydrogen-bond donors (Lipinski definition) is 0. The van der Waals surface area contributed by atoms with Gasteiger partial charge in [0.25, 0.3) is 0 Å². The van der Waals surface area contributed by atoms with E-state index in [4.69, 9.17) is 16.8 Å². The van der Waals surface area contributed by atoms with Gasteiger partial charge in [0.1, 0.15) is 7.05 Å². The Balaban J connectivity index is 2.17. The highest BCUT2D eigenvalue weighted by molar-refractivity contribution is 6.10. The lowest BCUT2D eigenvalue weighted by Gasteiger charge is -2.09. The second-order valence-corrected chi connectivity index (χ2v) is 5.88. The van der Waals surface area contributed by atoms with Crippen LogP contribution in [0.5, 0.6) is 0 Å². The van der Waals surface area contributed by atoms with Crippen LogP contribution in [0.3, 0.4) is 0 Å². The Labute approximate surface area is 154 Å². The van der Waals surface area contributed by atoms with E-state index in [2.05, 4.69) is 4.98 Å². The van der Waals surface area contributed by atoms with Crippen molar-refractivity contribution in [2.45, 2.75) is 27.5 Å². The first-order chi connectivity index (χ1) is 15.1. The summed E-state index contributed by atoms with van der Waals surface area (Å²) in [5.41, 5.74) is 1.44. The summed E-state index contributed by atoms with van der Waals surface area (Å²) in [5, 5.41) is 0.895. The highest BCUT2D eigenvalue weighted by Gasteiger charge is 2.23. The number of benzene rings is 1. The average Bonchev–Trinajstić information content (AvgIpc) is 3.04. The van der Waals surface area contributed by atoms with Gasteiger partial charge in [-0.05, 0) is 56.3 Å². The van der Waals surface area contributed by atoms with Crippen molar-refractivity contribution < 1.29 is 21.3 Å². The van der Waals surface area contributed by atoms with Crippen molar-refractivity contribution in [2.24, 2.45) is 7.05 Å². The van der Waals surface area contributed by atoms with Crippen LogP contribution in [0.1, 0.15) is 34.6 Å². The minimum absolute atomic E-state index is 0.100. The molecule has 0 aliphatic carbocycles. The van der Waals surface area contributed by atoms with Crippen LogP contribution in [0.2, 0.25) is 0 Å². The maximum absolute atomic E-state index is 8.02. The second kappa shape index (κ2) is 5.17. The summed E-state index contributed by atoms with van der Waals surface area (Å²) in [7, 11) is 1.61. The highest BCUT2D eigenvalue weighted by atomic mass is 16.3. The zero-order chi connectivity index (χ0) is 24.5. The number of nitrogens with zero attached hydrogens (tertiary/aromatic N) is 2. The molecule has 3 heteroatoms. The summed E-state index contributed by atoms with van der Waals surface area (Å²) in [4.78, 5) is 4.21. The minimum atomic E-state index is -2.67. The van der Waals surface area contributed by atoms with E-state index in [9.17, 15) is 0 Å². The molecule has 4 aromatic rings. The fraction of sp³-hybridized carbons (Fsp3) is 0.238. The molecule has 0 amide bonds. The van der Waals surface area contributed by atoms with Gasteiger partial charge >= 0.3 is 0 Å². The molecule has 0 bridgehead atoms. The third-order valence-electron chi connectivity index (χ3n) is 4.25. The molecular weight excluding hydrogens is 296 g/mol. The number of aromatic nitrogens is 2. The lowest BCUT2D eigenvalue weighted by Crippen LogP contribution is -2.31. The molecule has 3 nitrogen and oxygen atoms in total. The fourth-order valence-electron chi connectivity index (χ4n) is 3.13. The molecule has 120 valence electrons. The molecule has 0 radical (unpaired) electrons. The zero-order valence-electron chi connectivity index (χ0n) is 22.3. The summed E-state index contributed by atoms with van der Waals surface area (Å²) >= 11 is 0. The number of hydrogen-bond acceptors (Lipinski definition) is 2. The molecule has 0 fully saturated rings. The molecule has 3 heterocycles. The molecule has 0 aliphatic rings. The topological polar surface area (TPSA) is 29.9 Å². The maximum Gasteiger partial charge on any atom is 0.227 e. The van der Waals surface area contributed by atoms with Crippen LogP contribution in [0.25, 0.3) is 33.3 Å². The van der Waals surface area contributed by atoms with Crippen molar-refractivity contribution in [2.75, 3.05) is 0 Å². The summed E-state index contributed by atoms with van der Waals surface area (Å²) in [6, 6.07) is 6.26. The van der Waals surface area contributed by atoms with Gasteiger partial charge in [-0.2, -0.15) is 0 Å². The average molecular weight is 326 g/mol. The number of aryl methyl sites for hydroxylation is 5. The van der Waals surface area contributed by atoms with E-state index in [1.807, 2.05) is 0 Å². The van der Waals surface area contributed by atoms with Crippen LogP contribution in [-0.2, 0) is 7.05 Å². The first-order valence-electron chi connectivity index (χ1n) is 12.0. The van der Waals surface area contributed by atoms with Gasteiger partial charge in [0.05, 0.1) is 5.56 Å². The summed E-state index contributed by atoms with van der Waals surface area (Å²) in [5.74, 6) is 0. The van der Waals surface area contributed by atoms with Crippen LogP contribution >= 0.6 is 0 Å². The summed E-state index contributed by atoms with van der Waals surface area (Å²) in [6.45, 7) is -6.02. The summed E-state index contributed by atoms with van der Waals surface area (Å²) < 4.78 is 78.7. The van der Waals surface area contributed by atoms with E-state index < -0.39 is 20.6 Å². The molecule has 0 saturated carbocycles. The van der Waals surface area contributed by atoms with Crippen LogP contribution < -0.4 is 4.57 Å². The Morgan fingerprint density at radius 3 is 2.71 bits per heavy atom. The number of furan rings is 1. The van der Waals surface area contributed by atoms with Gasteiger partial charge in [0, 0.05) is 40.9 Å².